The summed E-state index contributed by atoms with van der Waals surface area (Å²) in [6.07, 6.45) is 0.137. The number of nitrogens with one attached hydrogen (secondary N) is 1. The fraction of sp³-hybridized carbons (Fsp3) is 0.250. The summed E-state index contributed by atoms with van der Waals surface area (Å²) in [7, 11) is 0. The Balaban J connectivity index is 2.35. The van der Waals surface area contributed by atoms with Gasteiger partial charge in [0.1, 0.15) is 5.82 Å². The first-order valence-electron chi connectivity index (χ1n) is 5.43. The smallest absolute Gasteiger partial charge is 0.303 e. The zero-order chi connectivity index (χ0) is 13.1. The topological polar surface area (TPSA) is 83.0 Å². The van der Waals surface area contributed by atoms with Crippen molar-refractivity contribution in [1.29, 1.82) is 0 Å². The van der Waals surface area contributed by atoms with Crippen LogP contribution in [0.3, 0.4) is 0 Å². The molecular weight excluding hydrogens is 252 g/mol. The largest absolute Gasteiger partial charge is 0.481 e. The van der Waals surface area contributed by atoms with Crippen LogP contribution in [0.1, 0.15) is 17.7 Å². The zero-order valence-electron chi connectivity index (χ0n) is 9.77. The van der Waals surface area contributed by atoms with Crippen LogP contribution in [0.4, 0.5) is 0 Å². The van der Waals surface area contributed by atoms with E-state index in [1.54, 1.807) is 6.92 Å². The number of aromatic amines is 1. The van der Waals surface area contributed by atoms with Gasteiger partial charge >= 0.3 is 5.97 Å². The Labute approximate surface area is 107 Å². The van der Waals surface area contributed by atoms with Gasteiger partial charge in [0.25, 0.3) is 5.56 Å². The molecule has 2 aromatic heterocycles. The second kappa shape index (κ2) is 5.14. The highest BCUT2D eigenvalue weighted by atomic mass is 32.1. The van der Waals surface area contributed by atoms with Gasteiger partial charge in [0.05, 0.1) is 4.88 Å². The first-order chi connectivity index (χ1) is 8.58. The summed E-state index contributed by atoms with van der Waals surface area (Å²) in [5.74, 6) is -0.386. The van der Waals surface area contributed by atoms with Crippen LogP contribution in [0.5, 0.6) is 0 Å². The molecule has 2 rings (SSSR count). The van der Waals surface area contributed by atoms with E-state index in [0.717, 1.165) is 4.88 Å². The molecule has 2 N–H and O–H groups in total. The summed E-state index contributed by atoms with van der Waals surface area (Å²) in [6.45, 7) is 1.73. The van der Waals surface area contributed by atoms with Gasteiger partial charge in [-0.05, 0) is 24.8 Å². The molecule has 0 saturated heterocycles. The van der Waals surface area contributed by atoms with Crippen LogP contribution in [0, 0.1) is 6.92 Å². The van der Waals surface area contributed by atoms with Gasteiger partial charge in [-0.1, -0.05) is 6.07 Å². The van der Waals surface area contributed by atoms with Crippen molar-refractivity contribution in [3.63, 3.8) is 0 Å². The van der Waals surface area contributed by atoms with Gasteiger partial charge in [-0.3, -0.25) is 9.59 Å². The van der Waals surface area contributed by atoms with Crippen molar-refractivity contribution in [2.75, 3.05) is 0 Å². The number of rotatable bonds is 4. The van der Waals surface area contributed by atoms with Crippen molar-refractivity contribution in [1.82, 2.24) is 9.97 Å². The summed E-state index contributed by atoms with van der Waals surface area (Å²) < 4.78 is 0. The lowest BCUT2D eigenvalue weighted by Gasteiger charge is -2.04. The molecule has 0 radical (unpaired) electrons. The maximum atomic E-state index is 11.9. The Kier molecular flexibility index (Phi) is 3.57. The highest BCUT2D eigenvalue weighted by molar-refractivity contribution is 7.13. The Morgan fingerprint density at radius 1 is 1.56 bits per heavy atom. The molecule has 5 nitrogen and oxygen atoms in total. The molecule has 0 bridgehead atoms. The average Bonchev–Trinajstić information content (AvgIpc) is 2.80. The number of nitrogens with zero attached hydrogens (tertiary/aromatic N) is 1. The molecule has 2 heterocycles. The minimum Gasteiger partial charge on any atom is -0.481 e. The summed E-state index contributed by atoms with van der Waals surface area (Å²) in [5.41, 5.74) is 0.772. The minimum atomic E-state index is -0.920. The second-order valence-electron chi connectivity index (χ2n) is 3.85. The Bertz CT molecular complexity index is 617. The third-order valence-electron chi connectivity index (χ3n) is 2.57. The van der Waals surface area contributed by atoms with Crippen LogP contribution in [-0.2, 0) is 11.2 Å². The number of aryl methyl sites for hydroxylation is 1. The van der Waals surface area contributed by atoms with E-state index in [1.165, 1.54) is 11.3 Å². The lowest BCUT2D eigenvalue weighted by atomic mass is 10.1. The van der Waals surface area contributed by atoms with E-state index >= 15 is 0 Å². The predicted octanol–water partition coefficient (Wildman–Crippen LogP) is 1.82. The summed E-state index contributed by atoms with van der Waals surface area (Å²) in [5, 5.41) is 10.5. The standard InChI is InChI=1S/C12H12N2O3S/c1-7-8(4-5-10(15)16)12(17)14-11(13-7)9-3-2-6-18-9/h2-3,6H,4-5H2,1H3,(H,15,16)(H,13,14,17). The predicted molar refractivity (Wildman–Crippen MR) is 68.9 cm³/mol. The minimum absolute atomic E-state index is 0.0655. The van der Waals surface area contributed by atoms with E-state index in [1.807, 2.05) is 17.5 Å². The molecule has 0 saturated carbocycles. The van der Waals surface area contributed by atoms with Crippen LogP contribution >= 0.6 is 11.3 Å². The van der Waals surface area contributed by atoms with Crippen LogP contribution < -0.4 is 5.56 Å². The van der Waals surface area contributed by atoms with E-state index < -0.39 is 5.97 Å². The zero-order valence-corrected chi connectivity index (χ0v) is 10.6. The number of aromatic nitrogens is 2. The number of aliphatic carboxylic acids is 1. The molecule has 6 heteroatoms. The van der Waals surface area contributed by atoms with E-state index in [9.17, 15) is 9.59 Å². The van der Waals surface area contributed by atoms with Crippen LogP contribution in [-0.4, -0.2) is 21.0 Å². The number of carboxylic acids is 1. The third kappa shape index (κ3) is 2.65. The number of carboxylic acid groups (broad SMARTS) is 1. The van der Waals surface area contributed by atoms with Crippen molar-refractivity contribution in [3.05, 3.63) is 39.1 Å². The van der Waals surface area contributed by atoms with Crippen molar-refractivity contribution < 1.29 is 9.90 Å². The fourth-order valence-corrected chi connectivity index (χ4v) is 2.34. The highest BCUT2D eigenvalue weighted by Crippen LogP contribution is 2.20. The van der Waals surface area contributed by atoms with Crippen LogP contribution in [0.15, 0.2) is 22.3 Å². The van der Waals surface area contributed by atoms with Gasteiger partial charge in [0, 0.05) is 17.7 Å². The quantitative estimate of drug-likeness (QED) is 0.882. The molecule has 0 aliphatic heterocycles. The molecule has 0 aliphatic rings. The number of carbonyl (C=O) groups is 1. The van der Waals surface area contributed by atoms with Crippen molar-refractivity contribution in [3.8, 4) is 10.7 Å². The van der Waals surface area contributed by atoms with Gasteiger partial charge in [-0.2, -0.15) is 0 Å². The highest BCUT2D eigenvalue weighted by Gasteiger charge is 2.11. The summed E-state index contributed by atoms with van der Waals surface area (Å²) in [4.78, 5) is 30.3. The molecule has 18 heavy (non-hydrogen) atoms. The summed E-state index contributed by atoms with van der Waals surface area (Å²) >= 11 is 1.49. The summed E-state index contributed by atoms with van der Waals surface area (Å²) in [6, 6.07) is 3.76. The molecule has 0 unspecified atom stereocenters. The van der Waals surface area contributed by atoms with E-state index in [0.29, 0.717) is 17.1 Å². The van der Waals surface area contributed by atoms with E-state index in [-0.39, 0.29) is 18.4 Å². The molecule has 2 aromatic rings. The molecule has 0 amide bonds. The van der Waals surface area contributed by atoms with E-state index in [2.05, 4.69) is 9.97 Å². The molecule has 94 valence electrons. The molecule has 0 fully saturated rings. The Morgan fingerprint density at radius 2 is 2.33 bits per heavy atom. The molecule has 0 aromatic carbocycles. The molecule has 0 spiro atoms. The lowest BCUT2D eigenvalue weighted by molar-refractivity contribution is -0.136. The maximum absolute atomic E-state index is 11.9. The maximum Gasteiger partial charge on any atom is 0.303 e. The van der Waals surface area contributed by atoms with Crippen LogP contribution in [0.25, 0.3) is 10.7 Å². The lowest BCUT2D eigenvalue weighted by Crippen LogP contribution is -2.18. The van der Waals surface area contributed by atoms with Crippen molar-refractivity contribution >= 4 is 17.3 Å². The average molecular weight is 264 g/mol. The first kappa shape index (κ1) is 12.5. The van der Waals surface area contributed by atoms with Gasteiger partial charge in [-0.25, -0.2) is 4.98 Å². The van der Waals surface area contributed by atoms with Gasteiger partial charge in [0.15, 0.2) is 0 Å². The molecule has 0 atom stereocenters. The Hall–Kier alpha value is -1.95. The van der Waals surface area contributed by atoms with E-state index in [4.69, 9.17) is 5.11 Å². The van der Waals surface area contributed by atoms with Crippen molar-refractivity contribution in [2.24, 2.45) is 0 Å². The molecule has 0 aliphatic carbocycles. The number of hydrogen-bond acceptors (Lipinski definition) is 4. The fourth-order valence-electron chi connectivity index (χ4n) is 1.67. The van der Waals surface area contributed by atoms with Gasteiger partial charge in [-0.15, -0.1) is 11.3 Å². The number of H-pyrrole nitrogens is 1. The van der Waals surface area contributed by atoms with Gasteiger partial charge in [0.2, 0.25) is 0 Å². The van der Waals surface area contributed by atoms with Gasteiger partial charge < -0.3 is 10.1 Å². The second-order valence-corrected chi connectivity index (χ2v) is 4.80. The molecular formula is C12H12N2O3S. The van der Waals surface area contributed by atoms with Crippen LogP contribution in [0.2, 0.25) is 0 Å². The third-order valence-corrected chi connectivity index (χ3v) is 3.44. The number of thiophene rings is 1. The monoisotopic (exact) mass is 264 g/mol. The number of hydrogen-bond donors (Lipinski definition) is 2. The normalized spacial score (nSPS) is 10.5. The van der Waals surface area contributed by atoms with Crippen molar-refractivity contribution in [2.45, 2.75) is 19.8 Å². The SMILES string of the molecule is Cc1nc(-c2cccs2)[nH]c(=O)c1CCC(=O)O. The first-order valence-corrected chi connectivity index (χ1v) is 6.31. The Morgan fingerprint density at radius 3 is 2.89 bits per heavy atom.